The topological polar surface area (TPSA) is 162 Å². The van der Waals surface area contributed by atoms with E-state index in [0.29, 0.717) is 18.7 Å². The van der Waals surface area contributed by atoms with E-state index in [1.165, 1.54) is 35.0 Å². The molecule has 3 N–H and O–H groups in total. The number of rotatable bonds is 11. The van der Waals surface area contributed by atoms with Gasteiger partial charge >= 0.3 is 5.97 Å². The molecule has 0 aromatic carbocycles. The van der Waals surface area contributed by atoms with Gasteiger partial charge in [-0.15, -0.1) is 0 Å². The van der Waals surface area contributed by atoms with Crippen molar-refractivity contribution >= 4 is 29.4 Å². The highest BCUT2D eigenvalue weighted by molar-refractivity contribution is 6.02. The smallest absolute Gasteiger partial charge is 0.330 e. The van der Waals surface area contributed by atoms with Crippen LogP contribution in [0.1, 0.15) is 55.4 Å². The fraction of sp³-hybridized carbons (Fsp3) is 0.440. The van der Waals surface area contributed by atoms with Crippen molar-refractivity contribution in [3.05, 3.63) is 58.4 Å². The predicted octanol–water partition coefficient (Wildman–Crippen LogP) is 1.48. The Morgan fingerprint density at radius 2 is 2.11 bits per heavy atom. The molecule has 3 rings (SSSR count). The van der Waals surface area contributed by atoms with Crippen LogP contribution in [0.4, 0.5) is 5.69 Å². The number of pyridine rings is 1. The summed E-state index contributed by atoms with van der Waals surface area (Å²) < 4.78 is 11.0. The zero-order chi connectivity index (χ0) is 26.9. The van der Waals surface area contributed by atoms with Crippen LogP contribution < -0.4 is 21.5 Å². The number of aryl methyl sites for hydroxylation is 1. The third kappa shape index (κ3) is 7.15. The molecule has 3 atom stereocenters. The second kappa shape index (κ2) is 12.7. The molecule has 0 bridgehead atoms. The van der Waals surface area contributed by atoms with Gasteiger partial charge < -0.3 is 29.8 Å². The van der Waals surface area contributed by atoms with Crippen LogP contribution in [0.5, 0.6) is 0 Å². The minimum Gasteiger partial charge on any atom is -0.463 e. The van der Waals surface area contributed by atoms with Gasteiger partial charge in [-0.1, -0.05) is 18.2 Å². The molecule has 1 aliphatic heterocycles. The van der Waals surface area contributed by atoms with Crippen LogP contribution in [0.25, 0.3) is 0 Å². The highest BCUT2D eigenvalue weighted by atomic mass is 16.5. The highest BCUT2D eigenvalue weighted by Crippen LogP contribution is 2.18. The number of hydrogen-bond donors (Lipinski definition) is 3. The van der Waals surface area contributed by atoms with E-state index < -0.39 is 35.4 Å². The molecule has 0 unspecified atom stereocenters. The summed E-state index contributed by atoms with van der Waals surface area (Å²) in [5, 5.41) is 11.7. The normalized spacial score (nSPS) is 16.7. The molecule has 12 heteroatoms. The fourth-order valence-corrected chi connectivity index (χ4v) is 4.04. The van der Waals surface area contributed by atoms with Crippen molar-refractivity contribution in [2.75, 3.05) is 18.5 Å². The number of nitrogens with zero attached hydrogens (tertiary/aromatic N) is 2. The average molecular weight is 514 g/mol. The quantitative estimate of drug-likeness (QED) is 0.301. The molecule has 1 fully saturated rings. The lowest BCUT2D eigenvalue weighted by molar-refractivity contribution is -0.137. The molecule has 2 aromatic rings. The Balaban J connectivity index is 1.79. The van der Waals surface area contributed by atoms with E-state index in [-0.39, 0.29) is 42.7 Å². The Morgan fingerprint density at radius 1 is 1.32 bits per heavy atom. The Bertz CT molecular complexity index is 1230. The van der Waals surface area contributed by atoms with Gasteiger partial charge in [0, 0.05) is 36.8 Å². The lowest BCUT2D eigenvalue weighted by Crippen LogP contribution is -2.42. The van der Waals surface area contributed by atoms with E-state index in [9.17, 15) is 24.0 Å². The zero-order valence-electron chi connectivity index (χ0n) is 21.0. The van der Waals surface area contributed by atoms with Crippen molar-refractivity contribution in [1.82, 2.24) is 20.4 Å². The second-order valence-electron chi connectivity index (χ2n) is 8.57. The van der Waals surface area contributed by atoms with E-state index in [4.69, 9.17) is 9.26 Å². The van der Waals surface area contributed by atoms with Gasteiger partial charge in [0.2, 0.25) is 11.8 Å². The number of esters is 1. The largest absolute Gasteiger partial charge is 0.463 e. The maximum absolute atomic E-state index is 13.3. The van der Waals surface area contributed by atoms with E-state index in [1.54, 1.807) is 26.8 Å². The number of anilines is 1. The lowest BCUT2D eigenvalue weighted by Gasteiger charge is -2.23. The van der Waals surface area contributed by atoms with E-state index in [2.05, 4.69) is 21.1 Å². The van der Waals surface area contributed by atoms with Crippen LogP contribution in [0.2, 0.25) is 0 Å². The molecule has 0 radical (unpaired) electrons. The molecule has 1 aliphatic rings. The first-order valence-corrected chi connectivity index (χ1v) is 12.1. The lowest BCUT2D eigenvalue weighted by atomic mass is 9.97. The standard InChI is InChI=1S/C25H31N5O7/c1-4-20(30-12-6-7-18(25(30)35)28-23(33)19-13-15(3)37-29-19)24(34)27-17(8-9-21(31)36-5-2)14-16-10-11-26-22(16)32/h6-9,12-13,16-17,20H,4-5,10-11,14H2,1-3H3,(H,26,32)(H,27,34)(H,28,33)/b9-8+/t16-,17+,20+/m0/s1. The van der Waals surface area contributed by atoms with Gasteiger partial charge in [0.05, 0.1) is 6.61 Å². The molecule has 2 aromatic heterocycles. The van der Waals surface area contributed by atoms with Crippen molar-refractivity contribution in [1.29, 1.82) is 0 Å². The van der Waals surface area contributed by atoms with Gasteiger partial charge in [0.1, 0.15) is 17.5 Å². The molecule has 198 valence electrons. The van der Waals surface area contributed by atoms with Gasteiger partial charge in [0.15, 0.2) is 5.69 Å². The van der Waals surface area contributed by atoms with Crippen molar-refractivity contribution in [2.45, 2.75) is 52.1 Å². The first-order valence-electron chi connectivity index (χ1n) is 12.1. The summed E-state index contributed by atoms with van der Waals surface area (Å²) in [5.41, 5.74) is -0.586. The summed E-state index contributed by atoms with van der Waals surface area (Å²) in [6.07, 6.45) is 5.33. The third-order valence-corrected chi connectivity index (χ3v) is 5.89. The number of nitrogens with one attached hydrogen (secondary N) is 3. The zero-order valence-corrected chi connectivity index (χ0v) is 21.0. The summed E-state index contributed by atoms with van der Waals surface area (Å²) in [6.45, 7) is 5.81. The van der Waals surface area contributed by atoms with Gasteiger partial charge in [-0.25, -0.2) is 4.79 Å². The van der Waals surface area contributed by atoms with Crippen LogP contribution in [-0.4, -0.2) is 52.6 Å². The van der Waals surface area contributed by atoms with Gasteiger partial charge in [-0.2, -0.15) is 0 Å². The molecular weight excluding hydrogens is 482 g/mol. The Morgan fingerprint density at radius 3 is 2.73 bits per heavy atom. The van der Waals surface area contributed by atoms with Crippen molar-refractivity contribution in [3.63, 3.8) is 0 Å². The first-order chi connectivity index (χ1) is 17.7. The average Bonchev–Trinajstić information content (AvgIpc) is 3.48. The van der Waals surface area contributed by atoms with Crippen molar-refractivity contribution in [3.8, 4) is 0 Å². The number of ether oxygens (including phenoxy) is 1. The van der Waals surface area contributed by atoms with Crippen molar-refractivity contribution in [2.24, 2.45) is 5.92 Å². The molecule has 1 saturated heterocycles. The fourth-order valence-electron chi connectivity index (χ4n) is 4.04. The predicted molar refractivity (Wildman–Crippen MR) is 133 cm³/mol. The molecular formula is C25H31N5O7. The number of amides is 3. The summed E-state index contributed by atoms with van der Waals surface area (Å²) in [7, 11) is 0. The van der Waals surface area contributed by atoms with E-state index >= 15 is 0 Å². The molecule has 0 saturated carbocycles. The molecule has 3 heterocycles. The van der Waals surface area contributed by atoms with Crippen molar-refractivity contribution < 1.29 is 28.4 Å². The molecule has 3 amide bonds. The Kier molecular flexibility index (Phi) is 9.36. The minimum atomic E-state index is -0.908. The number of hydrogen-bond acceptors (Lipinski definition) is 8. The van der Waals surface area contributed by atoms with E-state index in [0.717, 1.165) is 0 Å². The Hall–Kier alpha value is -4.22. The minimum absolute atomic E-state index is 0.0178. The molecule has 0 spiro atoms. The number of carbonyl (C=O) groups is 4. The van der Waals surface area contributed by atoms with Gasteiger partial charge in [-0.3, -0.25) is 19.2 Å². The first kappa shape index (κ1) is 27.4. The maximum atomic E-state index is 13.3. The third-order valence-electron chi connectivity index (χ3n) is 5.89. The van der Waals surface area contributed by atoms with Crippen LogP contribution in [0.3, 0.4) is 0 Å². The van der Waals surface area contributed by atoms with Crippen LogP contribution >= 0.6 is 0 Å². The van der Waals surface area contributed by atoms with E-state index in [1.807, 2.05) is 0 Å². The maximum Gasteiger partial charge on any atom is 0.330 e. The summed E-state index contributed by atoms with van der Waals surface area (Å²) in [6, 6.07) is 2.86. The number of aromatic nitrogens is 2. The molecule has 12 nitrogen and oxygen atoms in total. The SMILES string of the molecule is CCOC(=O)/C=C/[C@H](C[C@@H]1CCNC1=O)NC(=O)[C@@H](CC)n1cccc(NC(=O)c2cc(C)on2)c1=O. The Labute approximate surface area is 213 Å². The summed E-state index contributed by atoms with van der Waals surface area (Å²) in [4.78, 5) is 62.8. The van der Waals surface area contributed by atoms with Crippen LogP contribution in [0, 0.1) is 12.8 Å². The monoisotopic (exact) mass is 513 g/mol. The number of carbonyl (C=O) groups excluding carboxylic acids is 4. The van der Waals surface area contributed by atoms with Gasteiger partial charge in [-0.05, 0) is 45.2 Å². The van der Waals surface area contributed by atoms with Gasteiger partial charge in [0.25, 0.3) is 11.5 Å². The molecule has 37 heavy (non-hydrogen) atoms. The van der Waals surface area contributed by atoms with Crippen LogP contribution in [0.15, 0.2) is 45.9 Å². The second-order valence-corrected chi connectivity index (χ2v) is 8.57. The highest BCUT2D eigenvalue weighted by Gasteiger charge is 2.29. The summed E-state index contributed by atoms with van der Waals surface area (Å²) >= 11 is 0. The molecule has 0 aliphatic carbocycles. The summed E-state index contributed by atoms with van der Waals surface area (Å²) in [5.74, 6) is -1.65. The van der Waals surface area contributed by atoms with Crippen LogP contribution in [-0.2, 0) is 19.1 Å².